The number of aliphatic hydroxyl groups excluding tert-OH is 1. The molecule has 16 heavy (non-hydrogen) atoms. The zero-order valence-corrected chi connectivity index (χ0v) is 10.1. The maximum Gasteiger partial charge on any atom is 0.146 e. The molecule has 0 saturated carbocycles. The first kappa shape index (κ1) is 13.1. The summed E-state index contributed by atoms with van der Waals surface area (Å²) in [4.78, 5) is 0. The van der Waals surface area contributed by atoms with Crippen molar-refractivity contribution in [3.8, 4) is 0 Å². The van der Waals surface area contributed by atoms with Gasteiger partial charge in [0.2, 0.25) is 0 Å². The summed E-state index contributed by atoms with van der Waals surface area (Å²) in [6.07, 6.45) is 0.671. The molecular formula is C10H20N4O2. The highest BCUT2D eigenvalue weighted by Gasteiger charge is 2.10. The molecule has 0 aliphatic heterocycles. The van der Waals surface area contributed by atoms with E-state index in [4.69, 9.17) is 9.84 Å². The first-order valence-corrected chi connectivity index (χ1v) is 5.37. The van der Waals surface area contributed by atoms with Crippen LogP contribution in [-0.2, 0) is 18.3 Å². The van der Waals surface area contributed by atoms with Crippen molar-refractivity contribution in [2.45, 2.75) is 25.9 Å². The number of nitrogens with zero attached hydrogens (tertiary/aromatic N) is 3. The Labute approximate surface area is 95.6 Å². The normalized spacial score (nSPS) is 13.0. The second-order valence-corrected chi connectivity index (χ2v) is 3.77. The molecule has 0 bridgehead atoms. The minimum absolute atomic E-state index is 0.145. The summed E-state index contributed by atoms with van der Waals surface area (Å²) in [6, 6.07) is 0.145. The molecule has 92 valence electrons. The summed E-state index contributed by atoms with van der Waals surface area (Å²) in [6.45, 7) is 3.28. The van der Waals surface area contributed by atoms with Crippen LogP contribution in [0.25, 0.3) is 0 Å². The van der Waals surface area contributed by atoms with Crippen molar-refractivity contribution in [1.82, 2.24) is 20.1 Å². The Morgan fingerprint density at radius 3 is 2.75 bits per heavy atom. The minimum atomic E-state index is 0.145. The van der Waals surface area contributed by atoms with Crippen LogP contribution in [-0.4, -0.2) is 46.2 Å². The molecule has 1 heterocycles. The fourth-order valence-corrected chi connectivity index (χ4v) is 1.44. The van der Waals surface area contributed by atoms with Gasteiger partial charge in [-0.25, -0.2) is 0 Å². The molecular weight excluding hydrogens is 208 g/mol. The lowest BCUT2D eigenvalue weighted by atomic mass is 10.2. The highest BCUT2D eigenvalue weighted by atomic mass is 16.5. The van der Waals surface area contributed by atoms with E-state index in [9.17, 15) is 0 Å². The fraction of sp³-hybridized carbons (Fsp3) is 0.800. The van der Waals surface area contributed by atoms with Crippen molar-refractivity contribution in [2.75, 3.05) is 20.3 Å². The molecule has 2 N–H and O–H groups in total. The molecule has 1 atom stereocenters. The van der Waals surface area contributed by atoms with Crippen molar-refractivity contribution in [3.63, 3.8) is 0 Å². The van der Waals surface area contributed by atoms with Gasteiger partial charge in [0.15, 0.2) is 0 Å². The predicted octanol–water partition coefficient (Wildman–Crippen LogP) is -0.389. The Balaban J connectivity index is 2.45. The van der Waals surface area contributed by atoms with E-state index in [1.807, 2.05) is 18.5 Å². The molecule has 0 radical (unpaired) electrons. The molecule has 6 nitrogen and oxygen atoms in total. The van der Waals surface area contributed by atoms with Gasteiger partial charge in [0, 0.05) is 26.8 Å². The van der Waals surface area contributed by atoms with Crippen LogP contribution in [0.2, 0.25) is 0 Å². The SMILES string of the molecule is COCC(CCO)NCc1nnc(C)n1C. The van der Waals surface area contributed by atoms with Gasteiger partial charge >= 0.3 is 0 Å². The lowest BCUT2D eigenvalue weighted by Gasteiger charge is -2.16. The minimum Gasteiger partial charge on any atom is -0.396 e. The van der Waals surface area contributed by atoms with Gasteiger partial charge in [0.05, 0.1) is 13.2 Å². The molecule has 0 fully saturated rings. The van der Waals surface area contributed by atoms with Gasteiger partial charge in [-0.1, -0.05) is 0 Å². The van der Waals surface area contributed by atoms with Crippen molar-refractivity contribution < 1.29 is 9.84 Å². The van der Waals surface area contributed by atoms with Crippen molar-refractivity contribution in [2.24, 2.45) is 7.05 Å². The van der Waals surface area contributed by atoms with Crippen LogP contribution >= 0.6 is 0 Å². The third-order valence-electron chi connectivity index (χ3n) is 2.58. The number of methoxy groups -OCH3 is 1. The molecule has 0 amide bonds. The van der Waals surface area contributed by atoms with E-state index >= 15 is 0 Å². The molecule has 1 aromatic rings. The molecule has 1 rings (SSSR count). The van der Waals surface area contributed by atoms with Crippen LogP contribution in [0.3, 0.4) is 0 Å². The summed E-state index contributed by atoms with van der Waals surface area (Å²) in [5, 5.41) is 20.2. The molecule has 1 aromatic heterocycles. The van der Waals surface area contributed by atoms with Crippen molar-refractivity contribution in [1.29, 1.82) is 0 Å². The quantitative estimate of drug-likeness (QED) is 0.665. The number of nitrogens with one attached hydrogen (secondary N) is 1. The van der Waals surface area contributed by atoms with Crippen molar-refractivity contribution >= 4 is 0 Å². The third-order valence-corrected chi connectivity index (χ3v) is 2.58. The largest absolute Gasteiger partial charge is 0.396 e. The lowest BCUT2D eigenvalue weighted by molar-refractivity contribution is 0.147. The second kappa shape index (κ2) is 6.57. The summed E-state index contributed by atoms with van der Waals surface area (Å²) in [7, 11) is 3.59. The summed E-state index contributed by atoms with van der Waals surface area (Å²) in [5.74, 6) is 1.78. The summed E-state index contributed by atoms with van der Waals surface area (Å²) < 4.78 is 7.00. The molecule has 6 heteroatoms. The van der Waals surface area contributed by atoms with Crippen LogP contribution in [0, 0.1) is 6.92 Å². The van der Waals surface area contributed by atoms with Gasteiger partial charge in [0.25, 0.3) is 0 Å². The molecule has 0 aliphatic rings. The molecule has 0 spiro atoms. The van der Waals surface area contributed by atoms with Gasteiger partial charge in [-0.2, -0.15) is 0 Å². The average molecular weight is 228 g/mol. The van der Waals surface area contributed by atoms with Gasteiger partial charge in [-0.05, 0) is 13.3 Å². The van der Waals surface area contributed by atoms with Gasteiger partial charge in [0.1, 0.15) is 11.6 Å². The Morgan fingerprint density at radius 1 is 1.50 bits per heavy atom. The van der Waals surface area contributed by atoms with E-state index in [-0.39, 0.29) is 12.6 Å². The topological polar surface area (TPSA) is 72.2 Å². The zero-order chi connectivity index (χ0) is 12.0. The number of aryl methyl sites for hydroxylation is 1. The van der Waals surface area contributed by atoms with Crippen molar-refractivity contribution in [3.05, 3.63) is 11.6 Å². The van der Waals surface area contributed by atoms with Crippen LogP contribution in [0.4, 0.5) is 0 Å². The fourth-order valence-electron chi connectivity index (χ4n) is 1.44. The number of hydrogen-bond donors (Lipinski definition) is 2. The van der Waals surface area contributed by atoms with Gasteiger partial charge < -0.3 is 19.7 Å². The number of aromatic nitrogens is 3. The highest BCUT2D eigenvalue weighted by Crippen LogP contribution is 1.99. The Morgan fingerprint density at radius 2 is 2.25 bits per heavy atom. The number of aliphatic hydroxyl groups is 1. The number of ether oxygens (including phenoxy) is 1. The van der Waals surface area contributed by atoms with Crippen LogP contribution in [0.15, 0.2) is 0 Å². The van der Waals surface area contributed by atoms with E-state index < -0.39 is 0 Å². The van der Waals surface area contributed by atoms with Crippen LogP contribution in [0.1, 0.15) is 18.1 Å². The summed E-state index contributed by atoms with van der Waals surface area (Å²) >= 11 is 0. The van der Waals surface area contributed by atoms with Gasteiger partial charge in [-0.15, -0.1) is 10.2 Å². The third kappa shape index (κ3) is 3.55. The van der Waals surface area contributed by atoms with Crippen LogP contribution in [0.5, 0.6) is 0 Å². The maximum atomic E-state index is 8.89. The average Bonchev–Trinajstić information content (AvgIpc) is 2.58. The maximum absolute atomic E-state index is 8.89. The Kier molecular flexibility index (Phi) is 5.37. The highest BCUT2D eigenvalue weighted by molar-refractivity contribution is 4.92. The molecule has 0 aromatic carbocycles. The first-order valence-electron chi connectivity index (χ1n) is 5.37. The van der Waals surface area contributed by atoms with Crippen LogP contribution < -0.4 is 5.32 Å². The van der Waals surface area contributed by atoms with E-state index in [2.05, 4.69) is 15.5 Å². The van der Waals surface area contributed by atoms with E-state index in [1.165, 1.54) is 0 Å². The predicted molar refractivity (Wildman–Crippen MR) is 59.9 cm³/mol. The zero-order valence-electron chi connectivity index (χ0n) is 10.1. The van der Waals surface area contributed by atoms with E-state index in [0.717, 1.165) is 11.6 Å². The molecule has 1 unspecified atom stereocenters. The van der Waals surface area contributed by atoms with E-state index in [0.29, 0.717) is 19.6 Å². The standard InChI is InChI=1S/C10H20N4O2/c1-8-12-13-10(14(8)2)6-11-9(4-5-15)7-16-3/h9,11,15H,4-7H2,1-3H3. The van der Waals surface area contributed by atoms with E-state index in [1.54, 1.807) is 7.11 Å². The molecule has 0 aliphatic carbocycles. The Bertz CT molecular complexity index is 308. The Hall–Kier alpha value is -0.980. The van der Waals surface area contributed by atoms with Gasteiger partial charge in [-0.3, -0.25) is 0 Å². The first-order chi connectivity index (χ1) is 7.69. The summed E-state index contributed by atoms with van der Waals surface area (Å²) in [5.41, 5.74) is 0. The smallest absolute Gasteiger partial charge is 0.146 e. The number of hydrogen-bond acceptors (Lipinski definition) is 5. The second-order valence-electron chi connectivity index (χ2n) is 3.77. The monoisotopic (exact) mass is 228 g/mol. The lowest BCUT2D eigenvalue weighted by Crippen LogP contribution is -2.34. The molecule has 0 saturated heterocycles. The number of rotatable bonds is 7.